The van der Waals surface area contributed by atoms with Crippen molar-refractivity contribution in [3.63, 3.8) is 0 Å². The Labute approximate surface area is 638 Å². The molecule has 0 aliphatic heterocycles. The molecular formula is C85H166O17P2. The van der Waals surface area contributed by atoms with Crippen LogP contribution in [0.2, 0.25) is 0 Å². The van der Waals surface area contributed by atoms with Crippen LogP contribution in [0.15, 0.2) is 0 Å². The van der Waals surface area contributed by atoms with Crippen molar-refractivity contribution in [2.75, 3.05) is 39.6 Å². The number of hydrogen-bond acceptors (Lipinski definition) is 15. The van der Waals surface area contributed by atoms with Gasteiger partial charge in [0.05, 0.1) is 26.4 Å². The van der Waals surface area contributed by atoms with E-state index in [1.807, 2.05) is 0 Å². The fourth-order valence-electron chi connectivity index (χ4n) is 13.2. The highest BCUT2D eigenvalue weighted by Crippen LogP contribution is 2.45. The van der Waals surface area contributed by atoms with Gasteiger partial charge in [-0.3, -0.25) is 37.3 Å². The van der Waals surface area contributed by atoms with E-state index in [0.29, 0.717) is 25.7 Å². The standard InChI is InChI=1S/C85H166O17P2/c1-7-10-12-14-16-18-19-20-21-22-23-24-28-31-34-37-44-50-56-62-68-83(88)96-74-81(101-84(89)69-63-57-51-45-38-35-32-29-26-25-27-30-33-36-43-48-54-60-66-78(6)9-3)76-100-104(93,94)98-72-79(86)71-97-103(91,92)99-75-80(73-95-82(87)67-61-55-49-41-17-15-13-11-8-2)102-85(90)70-64-58-52-46-40-39-42-47-53-59-65-77(4)5/h77-81,86H,7-76H2,1-6H3,(H,91,92)(H,93,94)/t78?,79-,80+,81+/m0/s1. The van der Waals surface area contributed by atoms with Gasteiger partial charge in [-0.05, 0) is 37.5 Å². The lowest BCUT2D eigenvalue weighted by Gasteiger charge is -2.21. The normalized spacial score (nSPS) is 14.1. The number of aliphatic hydroxyl groups excluding tert-OH is 1. The fraction of sp³-hybridized carbons (Fsp3) is 0.953. The van der Waals surface area contributed by atoms with Gasteiger partial charge >= 0.3 is 39.5 Å². The van der Waals surface area contributed by atoms with Crippen molar-refractivity contribution in [2.45, 2.75) is 471 Å². The summed E-state index contributed by atoms with van der Waals surface area (Å²) in [5, 5.41) is 10.7. The van der Waals surface area contributed by atoms with Crippen LogP contribution in [0.3, 0.4) is 0 Å². The average molecular weight is 1520 g/mol. The van der Waals surface area contributed by atoms with Crippen molar-refractivity contribution in [1.82, 2.24) is 0 Å². The molecule has 0 spiro atoms. The van der Waals surface area contributed by atoms with Crippen LogP contribution in [-0.4, -0.2) is 96.7 Å². The predicted octanol–water partition coefficient (Wildman–Crippen LogP) is 25.8. The molecule has 17 nitrogen and oxygen atoms in total. The molecule has 0 fully saturated rings. The minimum absolute atomic E-state index is 0.106. The van der Waals surface area contributed by atoms with Crippen LogP contribution in [0, 0.1) is 11.8 Å². The molecule has 0 aromatic carbocycles. The third kappa shape index (κ3) is 76.8. The maximum Gasteiger partial charge on any atom is 0.472 e. The van der Waals surface area contributed by atoms with Gasteiger partial charge in [0.2, 0.25) is 0 Å². The van der Waals surface area contributed by atoms with Gasteiger partial charge in [-0.1, -0.05) is 401 Å². The second kappa shape index (κ2) is 76.4. The molecular weight excluding hydrogens is 1350 g/mol. The molecule has 0 amide bonds. The van der Waals surface area contributed by atoms with Crippen molar-refractivity contribution in [3.05, 3.63) is 0 Å². The highest BCUT2D eigenvalue weighted by Gasteiger charge is 2.30. The van der Waals surface area contributed by atoms with Crippen LogP contribution >= 0.6 is 15.6 Å². The van der Waals surface area contributed by atoms with Crippen molar-refractivity contribution < 1.29 is 80.2 Å². The molecule has 0 heterocycles. The molecule has 0 rings (SSSR count). The van der Waals surface area contributed by atoms with E-state index in [9.17, 15) is 43.2 Å². The molecule has 6 atom stereocenters. The number of phosphoric ester groups is 2. The Bertz CT molecular complexity index is 2000. The van der Waals surface area contributed by atoms with Crippen molar-refractivity contribution in [1.29, 1.82) is 0 Å². The monoisotopic (exact) mass is 1520 g/mol. The van der Waals surface area contributed by atoms with Gasteiger partial charge in [0.25, 0.3) is 0 Å². The SMILES string of the molecule is CCCCCCCCCCCCCCCCCCCCCCC(=O)OC[C@H](COP(=O)(O)OC[C@@H](O)COP(=O)(O)OC[C@@H](COC(=O)CCCCCCCCCCC)OC(=O)CCCCCCCCCCCCC(C)C)OC(=O)CCCCCCCCCCCCCCCCCCCCC(C)CC. The van der Waals surface area contributed by atoms with E-state index in [-0.39, 0.29) is 25.7 Å². The topological polar surface area (TPSA) is 237 Å². The van der Waals surface area contributed by atoms with Crippen molar-refractivity contribution in [3.8, 4) is 0 Å². The Morgan fingerprint density at radius 2 is 0.490 bits per heavy atom. The summed E-state index contributed by atoms with van der Waals surface area (Å²) in [6.45, 7) is 9.70. The molecule has 0 aliphatic carbocycles. The lowest BCUT2D eigenvalue weighted by atomic mass is 9.99. The zero-order valence-electron chi connectivity index (χ0n) is 68.3. The molecule has 19 heteroatoms. The third-order valence-corrected chi connectivity index (χ3v) is 22.2. The second-order valence-corrected chi connectivity index (χ2v) is 34.2. The number of ether oxygens (including phenoxy) is 4. The van der Waals surface area contributed by atoms with Crippen LogP contribution in [0.5, 0.6) is 0 Å². The van der Waals surface area contributed by atoms with Crippen LogP contribution < -0.4 is 0 Å². The van der Waals surface area contributed by atoms with Crippen LogP contribution in [-0.2, 0) is 65.4 Å². The van der Waals surface area contributed by atoms with Gasteiger partial charge in [-0.2, -0.15) is 0 Å². The Hall–Kier alpha value is -1.94. The minimum atomic E-state index is -4.96. The Kier molecular flexibility index (Phi) is 75.0. The lowest BCUT2D eigenvalue weighted by molar-refractivity contribution is -0.161. The zero-order chi connectivity index (χ0) is 76.4. The fourth-order valence-corrected chi connectivity index (χ4v) is 14.8. The number of rotatable bonds is 84. The molecule has 3 unspecified atom stereocenters. The first-order chi connectivity index (χ1) is 50.4. The van der Waals surface area contributed by atoms with E-state index < -0.39 is 97.5 Å². The molecule has 0 aromatic heterocycles. The number of phosphoric acid groups is 2. The van der Waals surface area contributed by atoms with Gasteiger partial charge in [-0.15, -0.1) is 0 Å². The molecule has 0 aliphatic rings. The summed E-state index contributed by atoms with van der Waals surface area (Å²) in [7, 11) is -9.92. The van der Waals surface area contributed by atoms with Crippen molar-refractivity contribution >= 4 is 39.5 Å². The van der Waals surface area contributed by atoms with Gasteiger partial charge < -0.3 is 33.8 Å². The van der Waals surface area contributed by atoms with Crippen LogP contribution in [0.1, 0.15) is 452 Å². The molecule has 0 saturated carbocycles. The number of carbonyl (C=O) groups is 4. The Morgan fingerprint density at radius 3 is 0.731 bits per heavy atom. The summed E-state index contributed by atoms with van der Waals surface area (Å²) in [4.78, 5) is 73.1. The Balaban J connectivity index is 5.19. The van der Waals surface area contributed by atoms with E-state index in [2.05, 4.69) is 41.5 Å². The third-order valence-electron chi connectivity index (χ3n) is 20.3. The molecule has 0 saturated heterocycles. The summed E-state index contributed by atoms with van der Waals surface area (Å²) in [6, 6.07) is 0. The van der Waals surface area contributed by atoms with E-state index in [1.54, 1.807) is 0 Å². The first-order valence-electron chi connectivity index (χ1n) is 44.0. The van der Waals surface area contributed by atoms with Gasteiger partial charge in [0.1, 0.15) is 19.3 Å². The highest BCUT2D eigenvalue weighted by atomic mass is 31.2. The molecule has 104 heavy (non-hydrogen) atoms. The summed E-state index contributed by atoms with van der Waals surface area (Å²) in [5.41, 5.74) is 0. The second-order valence-electron chi connectivity index (χ2n) is 31.3. The van der Waals surface area contributed by atoms with Crippen molar-refractivity contribution in [2.24, 2.45) is 11.8 Å². The number of unbranched alkanes of at least 4 members (excludes halogenated alkanes) is 53. The number of esters is 4. The largest absolute Gasteiger partial charge is 0.472 e. The quantitative estimate of drug-likeness (QED) is 0.0222. The maximum atomic E-state index is 13.1. The predicted molar refractivity (Wildman–Crippen MR) is 428 cm³/mol. The number of hydrogen-bond donors (Lipinski definition) is 3. The minimum Gasteiger partial charge on any atom is -0.462 e. The maximum absolute atomic E-state index is 13.1. The van der Waals surface area contributed by atoms with Gasteiger partial charge in [0.15, 0.2) is 12.2 Å². The van der Waals surface area contributed by atoms with Crippen LogP contribution in [0.25, 0.3) is 0 Å². The van der Waals surface area contributed by atoms with Crippen LogP contribution in [0.4, 0.5) is 0 Å². The Morgan fingerprint density at radius 1 is 0.279 bits per heavy atom. The zero-order valence-corrected chi connectivity index (χ0v) is 70.1. The summed E-state index contributed by atoms with van der Waals surface area (Å²) >= 11 is 0. The molecule has 618 valence electrons. The first kappa shape index (κ1) is 102. The van der Waals surface area contributed by atoms with Gasteiger partial charge in [0, 0.05) is 25.7 Å². The van der Waals surface area contributed by atoms with E-state index in [0.717, 1.165) is 102 Å². The lowest BCUT2D eigenvalue weighted by Crippen LogP contribution is -2.30. The van der Waals surface area contributed by atoms with E-state index in [4.69, 9.17) is 37.0 Å². The summed E-state index contributed by atoms with van der Waals surface area (Å²) in [6.07, 6.45) is 68.1. The number of carbonyl (C=O) groups excluding carboxylic acids is 4. The summed E-state index contributed by atoms with van der Waals surface area (Å²) in [5.74, 6) is -0.483. The average Bonchev–Trinajstić information content (AvgIpc) is 0.903. The molecule has 0 radical (unpaired) electrons. The molecule has 0 aromatic rings. The van der Waals surface area contributed by atoms with E-state index >= 15 is 0 Å². The highest BCUT2D eigenvalue weighted by molar-refractivity contribution is 7.47. The van der Waals surface area contributed by atoms with E-state index in [1.165, 1.54) is 270 Å². The number of aliphatic hydroxyl groups is 1. The molecule has 0 bridgehead atoms. The summed E-state index contributed by atoms with van der Waals surface area (Å²) < 4.78 is 68.8. The first-order valence-corrected chi connectivity index (χ1v) is 47.0. The molecule has 3 N–H and O–H groups in total. The van der Waals surface area contributed by atoms with Gasteiger partial charge in [-0.25, -0.2) is 9.13 Å². The smallest absolute Gasteiger partial charge is 0.462 e.